The molecule has 0 heterocycles. The van der Waals surface area contributed by atoms with Gasteiger partial charge in [-0.25, -0.2) is 48.7 Å². The minimum absolute atomic E-state index is 0.194. The molecule has 0 atom stereocenters. The Bertz CT molecular complexity index is 1220. The molecule has 0 aromatic heterocycles. The zero-order valence-electron chi connectivity index (χ0n) is 16.2. The van der Waals surface area contributed by atoms with Gasteiger partial charge in [0.15, 0.2) is 46.5 Å². The van der Waals surface area contributed by atoms with E-state index in [0.717, 1.165) is 24.3 Å². The number of ether oxygens (including phenoxy) is 2. The third-order valence-corrected chi connectivity index (χ3v) is 4.42. The summed E-state index contributed by atoms with van der Waals surface area (Å²) >= 11 is 0. The van der Waals surface area contributed by atoms with Crippen molar-refractivity contribution >= 4 is 5.97 Å². The molecule has 0 aliphatic heterocycles. The van der Waals surface area contributed by atoms with Crippen molar-refractivity contribution in [3.8, 4) is 5.75 Å². The molecule has 0 saturated carbocycles. The molecule has 3 aromatic carbocycles. The second-order valence-corrected chi connectivity index (χ2v) is 6.49. The van der Waals surface area contributed by atoms with Gasteiger partial charge in [-0.3, -0.25) is 0 Å². The summed E-state index contributed by atoms with van der Waals surface area (Å²) in [6, 6.07) is 3.99. The quantitative estimate of drug-likeness (QED) is 0.181. The zero-order chi connectivity index (χ0) is 25.3. The van der Waals surface area contributed by atoms with Crippen molar-refractivity contribution in [2.75, 3.05) is 0 Å². The fraction of sp³-hybridized carbons (Fsp3) is 0.0952. The van der Waals surface area contributed by atoms with Crippen LogP contribution in [0.15, 0.2) is 24.3 Å². The van der Waals surface area contributed by atoms with Crippen molar-refractivity contribution in [2.24, 2.45) is 0 Å². The van der Waals surface area contributed by atoms with E-state index >= 15 is 0 Å². The van der Waals surface area contributed by atoms with Gasteiger partial charge in [-0.2, -0.15) is 0 Å². The Kier molecular flexibility index (Phi) is 7.03. The Balaban J connectivity index is 1.69. The summed E-state index contributed by atoms with van der Waals surface area (Å²) in [7, 11) is 0. The molecule has 3 aromatic rings. The van der Waals surface area contributed by atoms with Crippen LogP contribution in [0.25, 0.3) is 0 Å². The van der Waals surface area contributed by atoms with E-state index < -0.39 is 88.5 Å². The van der Waals surface area contributed by atoms with Gasteiger partial charge in [0.05, 0.1) is 16.7 Å². The lowest BCUT2D eigenvalue weighted by Crippen LogP contribution is -2.12. The number of hydrogen-bond donors (Lipinski definition) is 0. The molecule has 0 N–H and O–H groups in total. The molecule has 0 saturated heterocycles. The third kappa shape index (κ3) is 4.50. The normalized spacial score (nSPS) is 11.0. The van der Waals surface area contributed by atoms with Crippen LogP contribution >= 0.6 is 0 Å². The summed E-state index contributed by atoms with van der Waals surface area (Å²) in [6.07, 6.45) is 0. The molecule has 0 spiro atoms. The SMILES string of the molecule is O=C(OCc1c(F)c(F)c(F)c(F)c1F)c1ccc(OCc2c(F)c(F)c(F)c(F)c2F)cc1. The molecule has 0 aliphatic carbocycles. The number of halogens is 10. The maximum atomic E-state index is 13.6. The van der Waals surface area contributed by atoms with E-state index in [-0.39, 0.29) is 11.3 Å². The maximum absolute atomic E-state index is 13.6. The van der Waals surface area contributed by atoms with E-state index in [9.17, 15) is 48.7 Å². The van der Waals surface area contributed by atoms with Crippen molar-refractivity contribution in [1.82, 2.24) is 0 Å². The molecule has 13 heteroatoms. The molecule has 0 radical (unpaired) electrons. The zero-order valence-corrected chi connectivity index (χ0v) is 16.2. The predicted octanol–water partition coefficient (Wildman–Crippen LogP) is 6.01. The van der Waals surface area contributed by atoms with E-state index in [0.29, 0.717) is 0 Å². The topological polar surface area (TPSA) is 35.5 Å². The van der Waals surface area contributed by atoms with Gasteiger partial charge >= 0.3 is 5.97 Å². The van der Waals surface area contributed by atoms with E-state index in [4.69, 9.17) is 4.74 Å². The van der Waals surface area contributed by atoms with Gasteiger partial charge in [-0.1, -0.05) is 0 Å². The molecule has 34 heavy (non-hydrogen) atoms. The smallest absolute Gasteiger partial charge is 0.338 e. The van der Waals surface area contributed by atoms with Crippen molar-refractivity contribution in [3.05, 3.63) is 99.1 Å². The van der Waals surface area contributed by atoms with E-state index in [1.807, 2.05) is 0 Å². The lowest BCUT2D eigenvalue weighted by atomic mass is 10.1. The number of rotatable bonds is 6. The molecule has 3 rings (SSSR count). The monoisotopic (exact) mass is 498 g/mol. The summed E-state index contributed by atoms with van der Waals surface area (Å²) < 4.78 is 143. The fourth-order valence-corrected chi connectivity index (χ4v) is 2.62. The average Bonchev–Trinajstić information content (AvgIpc) is 2.84. The molecule has 0 amide bonds. The highest BCUT2D eigenvalue weighted by atomic mass is 19.2. The third-order valence-electron chi connectivity index (χ3n) is 4.42. The molecule has 0 unspecified atom stereocenters. The summed E-state index contributed by atoms with van der Waals surface area (Å²) in [5.74, 6) is -23.5. The Hall–Kier alpha value is -3.77. The van der Waals surface area contributed by atoms with E-state index in [1.165, 1.54) is 0 Å². The van der Waals surface area contributed by atoms with E-state index in [1.54, 1.807) is 0 Å². The Morgan fingerprint density at radius 3 is 1.29 bits per heavy atom. The minimum Gasteiger partial charge on any atom is -0.489 e. The van der Waals surface area contributed by atoms with Crippen LogP contribution in [0.1, 0.15) is 21.5 Å². The van der Waals surface area contributed by atoms with Crippen molar-refractivity contribution in [2.45, 2.75) is 13.2 Å². The average molecular weight is 498 g/mol. The molecular weight excluding hydrogens is 490 g/mol. The highest BCUT2D eigenvalue weighted by Gasteiger charge is 2.27. The Morgan fingerprint density at radius 2 is 0.882 bits per heavy atom. The van der Waals surface area contributed by atoms with Crippen molar-refractivity contribution in [3.63, 3.8) is 0 Å². The summed E-state index contributed by atoms with van der Waals surface area (Å²) in [6.45, 7) is -2.38. The Morgan fingerprint density at radius 1 is 0.529 bits per heavy atom. The molecule has 0 bridgehead atoms. The maximum Gasteiger partial charge on any atom is 0.338 e. The molecular formula is C21H8F10O3. The van der Waals surface area contributed by atoms with Crippen LogP contribution in [-0.4, -0.2) is 5.97 Å². The van der Waals surface area contributed by atoms with Crippen molar-refractivity contribution < 1.29 is 58.2 Å². The number of esters is 1. The van der Waals surface area contributed by atoms with Crippen LogP contribution < -0.4 is 4.74 Å². The highest BCUT2D eigenvalue weighted by molar-refractivity contribution is 5.89. The highest BCUT2D eigenvalue weighted by Crippen LogP contribution is 2.26. The molecule has 180 valence electrons. The van der Waals surface area contributed by atoms with Crippen LogP contribution in [0.4, 0.5) is 43.9 Å². The first kappa shape index (κ1) is 24.9. The van der Waals surface area contributed by atoms with Crippen LogP contribution in [0, 0.1) is 58.2 Å². The number of carbonyl (C=O) groups is 1. The van der Waals surface area contributed by atoms with Crippen LogP contribution in [0.2, 0.25) is 0 Å². The van der Waals surface area contributed by atoms with Crippen LogP contribution in [0.3, 0.4) is 0 Å². The first-order valence-corrected chi connectivity index (χ1v) is 8.86. The second kappa shape index (κ2) is 9.61. The summed E-state index contributed by atoms with van der Waals surface area (Å²) in [4.78, 5) is 12.0. The summed E-state index contributed by atoms with van der Waals surface area (Å²) in [5.41, 5.74) is -2.93. The lowest BCUT2D eigenvalue weighted by Gasteiger charge is -2.11. The van der Waals surface area contributed by atoms with Gasteiger partial charge in [0, 0.05) is 0 Å². The van der Waals surface area contributed by atoms with Crippen LogP contribution in [0.5, 0.6) is 5.75 Å². The van der Waals surface area contributed by atoms with E-state index in [2.05, 4.69) is 4.74 Å². The molecule has 0 aliphatic rings. The van der Waals surface area contributed by atoms with Gasteiger partial charge in [0.25, 0.3) is 0 Å². The van der Waals surface area contributed by atoms with Gasteiger partial charge in [0.2, 0.25) is 11.6 Å². The van der Waals surface area contributed by atoms with Crippen molar-refractivity contribution in [1.29, 1.82) is 0 Å². The van der Waals surface area contributed by atoms with Gasteiger partial charge < -0.3 is 9.47 Å². The van der Waals surface area contributed by atoms with Gasteiger partial charge in [-0.15, -0.1) is 0 Å². The number of hydrogen-bond acceptors (Lipinski definition) is 3. The standard InChI is InChI=1S/C21H8F10O3/c22-11-9(12(23)16(27)19(30)15(11)26)5-33-8-3-1-7(2-4-8)21(32)34-6-10-13(24)17(28)20(31)18(29)14(10)25/h1-4H,5-6H2. The largest absolute Gasteiger partial charge is 0.489 e. The first-order valence-electron chi connectivity index (χ1n) is 8.86. The molecule has 3 nitrogen and oxygen atoms in total. The summed E-state index contributed by atoms with van der Waals surface area (Å²) in [5, 5.41) is 0. The Labute approximate surface area is 183 Å². The molecule has 0 fully saturated rings. The fourth-order valence-electron chi connectivity index (χ4n) is 2.62. The van der Waals surface area contributed by atoms with Crippen LogP contribution in [-0.2, 0) is 18.0 Å². The van der Waals surface area contributed by atoms with Gasteiger partial charge in [0.1, 0.15) is 19.0 Å². The second-order valence-electron chi connectivity index (χ2n) is 6.49. The lowest BCUT2D eigenvalue weighted by molar-refractivity contribution is 0.0462. The minimum atomic E-state index is -2.38. The predicted molar refractivity (Wildman–Crippen MR) is 92.4 cm³/mol. The first-order chi connectivity index (χ1) is 16.0. The van der Waals surface area contributed by atoms with Gasteiger partial charge in [-0.05, 0) is 24.3 Å². The number of carbonyl (C=O) groups excluding carboxylic acids is 1. The number of benzene rings is 3.